The van der Waals surface area contributed by atoms with E-state index in [9.17, 15) is 4.79 Å². The molecular weight excluding hydrogens is 330 g/mol. The number of rotatable bonds is 7. The first-order valence-electron chi connectivity index (χ1n) is 9.21. The molecule has 2 heterocycles. The van der Waals surface area contributed by atoms with Gasteiger partial charge in [-0.15, -0.1) is 0 Å². The standard InChI is InChI=1S/C20H25N3O3/c1-2-11-23(15-18-7-3-4-12-25-18)20(24)16-6-5-8-17(13-16)26-19-14-21-9-10-22-19/h5-6,8-10,13-14,18H,2-4,7,11-12,15H2,1H3. The molecule has 138 valence electrons. The van der Waals surface area contributed by atoms with Gasteiger partial charge in [0.25, 0.3) is 5.91 Å². The molecule has 3 rings (SSSR count). The summed E-state index contributed by atoms with van der Waals surface area (Å²) < 4.78 is 11.5. The number of hydrogen-bond acceptors (Lipinski definition) is 5. The maximum Gasteiger partial charge on any atom is 0.254 e. The molecule has 1 saturated heterocycles. The molecule has 0 radical (unpaired) electrons. The summed E-state index contributed by atoms with van der Waals surface area (Å²) in [4.78, 5) is 23.0. The van der Waals surface area contributed by atoms with E-state index in [1.54, 1.807) is 24.5 Å². The van der Waals surface area contributed by atoms with Crippen molar-refractivity contribution in [3.63, 3.8) is 0 Å². The molecule has 0 N–H and O–H groups in total. The van der Waals surface area contributed by atoms with E-state index in [-0.39, 0.29) is 12.0 Å². The molecule has 2 aromatic rings. The second-order valence-electron chi connectivity index (χ2n) is 6.41. The van der Waals surface area contributed by atoms with Crippen LogP contribution >= 0.6 is 0 Å². The molecule has 1 atom stereocenters. The first kappa shape index (κ1) is 18.3. The Labute approximate surface area is 154 Å². The predicted octanol–water partition coefficient (Wildman–Crippen LogP) is 3.69. The molecule has 0 saturated carbocycles. The predicted molar refractivity (Wildman–Crippen MR) is 98.3 cm³/mol. The van der Waals surface area contributed by atoms with E-state index in [1.807, 2.05) is 17.0 Å². The van der Waals surface area contributed by atoms with E-state index in [0.717, 1.165) is 25.9 Å². The van der Waals surface area contributed by atoms with Gasteiger partial charge in [0.2, 0.25) is 5.88 Å². The van der Waals surface area contributed by atoms with Crippen LogP contribution in [-0.4, -0.2) is 46.6 Å². The zero-order valence-corrected chi connectivity index (χ0v) is 15.1. The highest BCUT2D eigenvalue weighted by Gasteiger charge is 2.22. The van der Waals surface area contributed by atoms with E-state index in [1.165, 1.54) is 12.6 Å². The average Bonchev–Trinajstić information content (AvgIpc) is 2.69. The van der Waals surface area contributed by atoms with Crippen molar-refractivity contribution in [1.29, 1.82) is 0 Å². The van der Waals surface area contributed by atoms with Gasteiger partial charge in [-0.25, -0.2) is 4.98 Å². The largest absolute Gasteiger partial charge is 0.437 e. The summed E-state index contributed by atoms with van der Waals surface area (Å²) in [6.45, 7) is 4.23. The third-order valence-corrected chi connectivity index (χ3v) is 4.32. The Kier molecular flexibility index (Phi) is 6.55. The van der Waals surface area contributed by atoms with Crippen LogP contribution in [0.5, 0.6) is 11.6 Å². The monoisotopic (exact) mass is 355 g/mol. The lowest BCUT2D eigenvalue weighted by molar-refractivity contribution is -0.00384. The van der Waals surface area contributed by atoms with Crippen LogP contribution in [0.1, 0.15) is 43.0 Å². The Bertz CT molecular complexity index is 702. The van der Waals surface area contributed by atoms with Crippen LogP contribution in [-0.2, 0) is 4.74 Å². The molecule has 1 unspecified atom stereocenters. The summed E-state index contributed by atoms with van der Waals surface area (Å²) in [5.74, 6) is 0.977. The number of carbonyl (C=O) groups is 1. The van der Waals surface area contributed by atoms with Crippen molar-refractivity contribution in [2.45, 2.75) is 38.7 Å². The van der Waals surface area contributed by atoms with Crippen molar-refractivity contribution in [3.05, 3.63) is 48.4 Å². The normalized spacial score (nSPS) is 16.9. The van der Waals surface area contributed by atoms with Gasteiger partial charge in [-0.2, -0.15) is 0 Å². The van der Waals surface area contributed by atoms with Crippen molar-refractivity contribution in [1.82, 2.24) is 14.9 Å². The molecule has 0 aliphatic carbocycles. The van der Waals surface area contributed by atoms with Crippen molar-refractivity contribution in [3.8, 4) is 11.6 Å². The number of amides is 1. The molecule has 1 aliphatic rings. The highest BCUT2D eigenvalue weighted by atomic mass is 16.5. The Balaban J connectivity index is 1.70. The molecule has 0 bridgehead atoms. The summed E-state index contributed by atoms with van der Waals surface area (Å²) in [5, 5.41) is 0. The zero-order valence-electron chi connectivity index (χ0n) is 15.1. The summed E-state index contributed by atoms with van der Waals surface area (Å²) in [6.07, 6.45) is 9.04. The fourth-order valence-corrected chi connectivity index (χ4v) is 3.08. The van der Waals surface area contributed by atoms with Crippen LogP contribution in [0.3, 0.4) is 0 Å². The summed E-state index contributed by atoms with van der Waals surface area (Å²) in [5.41, 5.74) is 0.607. The molecule has 1 aromatic heterocycles. The summed E-state index contributed by atoms with van der Waals surface area (Å²) >= 11 is 0. The molecule has 1 aliphatic heterocycles. The van der Waals surface area contributed by atoms with Gasteiger partial charge in [0.05, 0.1) is 12.3 Å². The minimum absolute atomic E-state index is 0.00520. The third kappa shape index (κ3) is 5.02. The Hall–Kier alpha value is -2.47. The zero-order chi connectivity index (χ0) is 18.2. The Morgan fingerprint density at radius 3 is 3.00 bits per heavy atom. The van der Waals surface area contributed by atoms with Gasteiger partial charge in [0, 0.05) is 37.7 Å². The second kappa shape index (κ2) is 9.29. The number of aromatic nitrogens is 2. The van der Waals surface area contributed by atoms with Gasteiger partial charge in [0.15, 0.2) is 0 Å². The lowest BCUT2D eigenvalue weighted by Crippen LogP contribution is -2.40. The van der Waals surface area contributed by atoms with Crippen LogP contribution in [0.2, 0.25) is 0 Å². The minimum atomic E-state index is 0.00520. The highest BCUT2D eigenvalue weighted by molar-refractivity contribution is 5.94. The lowest BCUT2D eigenvalue weighted by Gasteiger charge is -2.30. The average molecular weight is 355 g/mol. The number of hydrogen-bond donors (Lipinski definition) is 0. The molecule has 6 heteroatoms. The van der Waals surface area contributed by atoms with Gasteiger partial charge >= 0.3 is 0 Å². The van der Waals surface area contributed by atoms with Crippen LogP contribution in [0.4, 0.5) is 0 Å². The molecular formula is C20H25N3O3. The summed E-state index contributed by atoms with van der Waals surface area (Å²) in [7, 11) is 0. The smallest absolute Gasteiger partial charge is 0.254 e. The van der Waals surface area contributed by atoms with E-state index in [2.05, 4.69) is 16.9 Å². The van der Waals surface area contributed by atoms with Gasteiger partial charge in [-0.1, -0.05) is 13.0 Å². The number of ether oxygens (including phenoxy) is 2. The lowest BCUT2D eigenvalue weighted by atomic mass is 10.1. The number of nitrogens with zero attached hydrogens (tertiary/aromatic N) is 3. The second-order valence-corrected chi connectivity index (χ2v) is 6.41. The van der Waals surface area contributed by atoms with Crippen LogP contribution in [0.25, 0.3) is 0 Å². The van der Waals surface area contributed by atoms with Crippen molar-refractivity contribution < 1.29 is 14.3 Å². The van der Waals surface area contributed by atoms with E-state index in [4.69, 9.17) is 9.47 Å². The van der Waals surface area contributed by atoms with Gasteiger partial charge in [-0.05, 0) is 43.9 Å². The maximum absolute atomic E-state index is 13.0. The first-order chi connectivity index (χ1) is 12.8. The first-order valence-corrected chi connectivity index (χ1v) is 9.21. The van der Waals surface area contributed by atoms with Crippen molar-refractivity contribution in [2.75, 3.05) is 19.7 Å². The number of carbonyl (C=O) groups excluding carboxylic acids is 1. The number of benzene rings is 1. The topological polar surface area (TPSA) is 64.5 Å². The Morgan fingerprint density at radius 1 is 1.35 bits per heavy atom. The van der Waals surface area contributed by atoms with Gasteiger partial charge in [0.1, 0.15) is 5.75 Å². The molecule has 26 heavy (non-hydrogen) atoms. The van der Waals surface area contributed by atoms with Gasteiger partial charge < -0.3 is 14.4 Å². The van der Waals surface area contributed by atoms with E-state index < -0.39 is 0 Å². The van der Waals surface area contributed by atoms with Crippen molar-refractivity contribution in [2.24, 2.45) is 0 Å². The highest BCUT2D eigenvalue weighted by Crippen LogP contribution is 2.21. The molecule has 1 fully saturated rings. The fourth-order valence-electron chi connectivity index (χ4n) is 3.08. The van der Waals surface area contributed by atoms with E-state index in [0.29, 0.717) is 30.3 Å². The van der Waals surface area contributed by atoms with Crippen LogP contribution in [0, 0.1) is 0 Å². The fraction of sp³-hybridized carbons (Fsp3) is 0.450. The third-order valence-electron chi connectivity index (χ3n) is 4.32. The molecule has 1 aromatic carbocycles. The summed E-state index contributed by atoms with van der Waals surface area (Å²) in [6, 6.07) is 7.19. The maximum atomic E-state index is 13.0. The molecule has 1 amide bonds. The van der Waals surface area contributed by atoms with E-state index >= 15 is 0 Å². The van der Waals surface area contributed by atoms with Crippen LogP contribution in [0.15, 0.2) is 42.9 Å². The quantitative estimate of drug-likeness (QED) is 0.758. The molecule has 0 spiro atoms. The van der Waals surface area contributed by atoms with Crippen LogP contribution < -0.4 is 4.74 Å². The minimum Gasteiger partial charge on any atom is -0.437 e. The Morgan fingerprint density at radius 2 is 2.27 bits per heavy atom. The van der Waals surface area contributed by atoms with Crippen molar-refractivity contribution >= 4 is 5.91 Å². The van der Waals surface area contributed by atoms with Gasteiger partial charge in [-0.3, -0.25) is 9.78 Å². The molecule has 6 nitrogen and oxygen atoms in total. The SMILES string of the molecule is CCCN(CC1CCCCO1)C(=O)c1cccc(Oc2cnccn2)c1.